The normalized spacial score (nSPS) is 24.8. The van der Waals surface area contributed by atoms with E-state index in [4.69, 9.17) is 4.42 Å². The maximum Gasteiger partial charge on any atom is 0.352 e. The summed E-state index contributed by atoms with van der Waals surface area (Å²) in [5.74, 6) is -1.89. The van der Waals surface area contributed by atoms with E-state index in [2.05, 4.69) is 5.32 Å². The Hall–Kier alpha value is -2.26. The summed E-state index contributed by atoms with van der Waals surface area (Å²) in [5.41, 5.74) is 0.573. The van der Waals surface area contributed by atoms with E-state index in [9.17, 15) is 24.6 Å². The lowest BCUT2D eigenvalue weighted by Gasteiger charge is -2.49. The minimum absolute atomic E-state index is 0.0316. The third kappa shape index (κ3) is 2.51. The molecule has 1 fully saturated rings. The fourth-order valence-corrected chi connectivity index (χ4v) is 3.88. The number of furan rings is 1. The standard InChI is InChI=1S/C14H14N2O6S/c1-6-5-23-13-8(12(19)16(13)9(6)14(20)21)15-11(18)10(17)7-3-2-4-22-7/h2-4,8,10,13,17H,5H2,1H3,(H,15,18)(H,20,21)/t8?,10?,13-/m1/s1. The molecule has 1 aromatic rings. The lowest BCUT2D eigenvalue weighted by atomic mass is 10.0. The molecular formula is C14H14N2O6S. The van der Waals surface area contributed by atoms with Crippen molar-refractivity contribution in [3.63, 3.8) is 0 Å². The lowest BCUT2D eigenvalue weighted by Crippen LogP contribution is -2.70. The number of nitrogens with one attached hydrogen (secondary N) is 1. The van der Waals surface area contributed by atoms with Crippen molar-refractivity contribution in [2.75, 3.05) is 5.75 Å². The van der Waals surface area contributed by atoms with Crippen LogP contribution in [-0.2, 0) is 14.4 Å². The van der Waals surface area contributed by atoms with Gasteiger partial charge >= 0.3 is 5.97 Å². The first-order chi connectivity index (χ1) is 10.9. The van der Waals surface area contributed by atoms with Crippen molar-refractivity contribution in [3.05, 3.63) is 35.4 Å². The van der Waals surface area contributed by atoms with E-state index >= 15 is 0 Å². The van der Waals surface area contributed by atoms with E-state index in [-0.39, 0.29) is 11.5 Å². The zero-order chi connectivity index (χ0) is 16.7. The number of rotatable bonds is 4. The second kappa shape index (κ2) is 5.74. The molecule has 2 aliphatic rings. The van der Waals surface area contributed by atoms with Crippen molar-refractivity contribution in [1.82, 2.24) is 10.2 Å². The Bertz CT molecular complexity index is 698. The number of carboxylic acid groups (broad SMARTS) is 1. The van der Waals surface area contributed by atoms with E-state index < -0.39 is 35.3 Å². The van der Waals surface area contributed by atoms with Gasteiger partial charge in [-0.05, 0) is 24.6 Å². The average Bonchev–Trinajstić information content (AvgIpc) is 3.05. The maximum absolute atomic E-state index is 12.2. The first kappa shape index (κ1) is 15.6. The van der Waals surface area contributed by atoms with Gasteiger partial charge in [0.25, 0.3) is 11.8 Å². The Balaban J connectivity index is 1.72. The third-order valence-electron chi connectivity index (χ3n) is 3.72. The molecule has 23 heavy (non-hydrogen) atoms. The van der Waals surface area contributed by atoms with Crippen LogP contribution in [0.4, 0.5) is 0 Å². The highest BCUT2D eigenvalue weighted by atomic mass is 32.2. The predicted octanol–water partition coefficient (Wildman–Crippen LogP) is 0.0715. The van der Waals surface area contributed by atoms with Gasteiger partial charge in [-0.2, -0.15) is 0 Å². The largest absolute Gasteiger partial charge is 0.477 e. The topological polar surface area (TPSA) is 120 Å². The van der Waals surface area contributed by atoms with Crippen LogP contribution in [0.2, 0.25) is 0 Å². The van der Waals surface area contributed by atoms with Crippen LogP contribution in [0, 0.1) is 0 Å². The molecule has 3 heterocycles. The van der Waals surface area contributed by atoms with Gasteiger partial charge in [0.05, 0.1) is 6.26 Å². The van der Waals surface area contributed by atoms with Crippen LogP contribution in [0.1, 0.15) is 18.8 Å². The number of carbonyl (C=O) groups excluding carboxylic acids is 2. The molecule has 3 rings (SSSR count). The molecule has 122 valence electrons. The molecule has 1 aromatic heterocycles. The van der Waals surface area contributed by atoms with Crippen LogP contribution in [0.25, 0.3) is 0 Å². The number of aliphatic hydroxyl groups excluding tert-OH is 1. The first-order valence-electron chi connectivity index (χ1n) is 6.81. The Morgan fingerprint density at radius 2 is 2.26 bits per heavy atom. The van der Waals surface area contributed by atoms with Gasteiger partial charge in [-0.25, -0.2) is 4.79 Å². The molecule has 2 aliphatic heterocycles. The number of hydrogen-bond donors (Lipinski definition) is 3. The van der Waals surface area contributed by atoms with Crippen LogP contribution >= 0.6 is 11.8 Å². The number of aliphatic hydroxyl groups is 1. The van der Waals surface area contributed by atoms with Crippen molar-refractivity contribution in [3.8, 4) is 0 Å². The second-order valence-corrected chi connectivity index (χ2v) is 6.35. The van der Waals surface area contributed by atoms with Crippen molar-refractivity contribution in [1.29, 1.82) is 0 Å². The number of hydrogen-bond acceptors (Lipinski definition) is 6. The summed E-state index contributed by atoms with van der Waals surface area (Å²) in [7, 11) is 0. The van der Waals surface area contributed by atoms with Gasteiger partial charge in [0.15, 0.2) is 6.10 Å². The second-order valence-electron chi connectivity index (χ2n) is 5.25. The first-order valence-corrected chi connectivity index (χ1v) is 7.86. The summed E-state index contributed by atoms with van der Waals surface area (Å²) in [6, 6.07) is 2.12. The zero-order valence-corrected chi connectivity index (χ0v) is 12.9. The Morgan fingerprint density at radius 3 is 2.87 bits per heavy atom. The Morgan fingerprint density at radius 1 is 1.52 bits per heavy atom. The molecule has 2 amide bonds. The summed E-state index contributed by atoms with van der Waals surface area (Å²) < 4.78 is 4.95. The monoisotopic (exact) mass is 338 g/mol. The molecule has 0 radical (unpaired) electrons. The smallest absolute Gasteiger partial charge is 0.352 e. The fourth-order valence-electron chi connectivity index (χ4n) is 2.58. The summed E-state index contributed by atoms with van der Waals surface area (Å²) in [5, 5.41) is 21.1. The highest BCUT2D eigenvalue weighted by Crippen LogP contribution is 2.40. The third-order valence-corrected chi connectivity index (χ3v) is 5.14. The van der Waals surface area contributed by atoms with Gasteiger partial charge in [0.1, 0.15) is 22.9 Å². The molecule has 0 aromatic carbocycles. The molecule has 3 atom stereocenters. The van der Waals surface area contributed by atoms with Gasteiger partial charge in [-0.3, -0.25) is 14.5 Å². The molecule has 1 saturated heterocycles. The highest BCUT2D eigenvalue weighted by molar-refractivity contribution is 8.00. The van der Waals surface area contributed by atoms with E-state index in [1.54, 1.807) is 6.92 Å². The van der Waals surface area contributed by atoms with E-state index in [0.29, 0.717) is 11.3 Å². The van der Waals surface area contributed by atoms with Crippen LogP contribution in [-0.4, -0.2) is 50.1 Å². The quantitative estimate of drug-likeness (QED) is 0.665. The van der Waals surface area contributed by atoms with Crippen molar-refractivity contribution >= 4 is 29.5 Å². The maximum atomic E-state index is 12.2. The SMILES string of the molecule is CC1=C(C(=O)O)N2C(=O)C(NC(=O)C(O)c3ccco3)[C@H]2SC1. The number of carbonyl (C=O) groups is 3. The summed E-state index contributed by atoms with van der Waals surface area (Å²) in [4.78, 5) is 36.7. The predicted molar refractivity (Wildman–Crippen MR) is 79.0 cm³/mol. The van der Waals surface area contributed by atoms with Gasteiger partial charge in [-0.15, -0.1) is 11.8 Å². The van der Waals surface area contributed by atoms with Crippen LogP contribution in [0.15, 0.2) is 34.1 Å². The van der Waals surface area contributed by atoms with Gasteiger partial charge in [-0.1, -0.05) is 0 Å². The van der Waals surface area contributed by atoms with Gasteiger partial charge < -0.3 is 19.9 Å². The average molecular weight is 338 g/mol. The zero-order valence-electron chi connectivity index (χ0n) is 12.1. The number of carboxylic acids is 1. The molecule has 9 heteroatoms. The number of amides is 2. The fraction of sp³-hybridized carbons (Fsp3) is 0.357. The Labute approximate surface area is 135 Å². The molecule has 0 spiro atoms. The molecule has 0 bridgehead atoms. The highest BCUT2D eigenvalue weighted by Gasteiger charge is 2.54. The molecular weight excluding hydrogens is 324 g/mol. The molecule has 0 aliphatic carbocycles. The summed E-state index contributed by atoms with van der Waals surface area (Å²) in [6.45, 7) is 1.66. The number of fused-ring (bicyclic) bond motifs is 1. The minimum atomic E-state index is -1.52. The number of thioether (sulfide) groups is 1. The molecule has 0 saturated carbocycles. The van der Waals surface area contributed by atoms with Gasteiger partial charge in [0, 0.05) is 5.75 Å². The molecule has 8 nitrogen and oxygen atoms in total. The van der Waals surface area contributed by atoms with E-state index in [1.807, 2.05) is 0 Å². The summed E-state index contributed by atoms with van der Waals surface area (Å²) >= 11 is 1.37. The van der Waals surface area contributed by atoms with E-state index in [1.165, 1.54) is 35.1 Å². The van der Waals surface area contributed by atoms with Crippen molar-refractivity contribution in [2.24, 2.45) is 0 Å². The number of aliphatic carboxylic acids is 1. The van der Waals surface area contributed by atoms with Crippen LogP contribution < -0.4 is 5.32 Å². The van der Waals surface area contributed by atoms with Crippen LogP contribution in [0.5, 0.6) is 0 Å². The minimum Gasteiger partial charge on any atom is -0.477 e. The van der Waals surface area contributed by atoms with Gasteiger partial charge in [0.2, 0.25) is 0 Å². The van der Waals surface area contributed by atoms with Crippen molar-refractivity contribution in [2.45, 2.75) is 24.4 Å². The summed E-state index contributed by atoms with van der Waals surface area (Å²) in [6.07, 6.45) is -0.192. The van der Waals surface area contributed by atoms with Crippen LogP contribution in [0.3, 0.4) is 0 Å². The number of β-lactam (4-membered cyclic amide) rings is 1. The van der Waals surface area contributed by atoms with E-state index in [0.717, 1.165) is 0 Å². The molecule has 3 N–H and O–H groups in total. The lowest BCUT2D eigenvalue weighted by molar-refractivity contribution is -0.152. The number of nitrogens with zero attached hydrogens (tertiary/aromatic N) is 1. The Kier molecular flexibility index (Phi) is 3.90. The van der Waals surface area contributed by atoms with Crippen molar-refractivity contribution < 1.29 is 29.0 Å². The molecule has 2 unspecified atom stereocenters.